The number of hydrogen-bond acceptors (Lipinski definition) is 4. The number of benzene rings is 1. The molecule has 3 nitrogen and oxygen atoms in total. The van der Waals surface area contributed by atoms with Crippen LogP contribution >= 0.6 is 11.8 Å². The minimum absolute atomic E-state index is 0.830. The van der Waals surface area contributed by atoms with Gasteiger partial charge in [-0.25, -0.2) is 9.97 Å². The normalized spacial score (nSPS) is 13.2. The summed E-state index contributed by atoms with van der Waals surface area (Å²) in [6.07, 6.45) is 3.41. The smallest absolute Gasteiger partial charge is 0.141 e. The monoisotopic (exact) mass is 299 g/mol. The van der Waals surface area contributed by atoms with Gasteiger partial charge in [-0.2, -0.15) is 0 Å². The Morgan fingerprint density at radius 2 is 2.05 bits per heavy atom. The summed E-state index contributed by atoms with van der Waals surface area (Å²) >= 11 is 1.82. The predicted octanol–water partition coefficient (Wildman–Crippen LogP) is 4.00. The quantitative estimate of drug-likeness (QED) is 0.847. The highest BCUT2D eigenvalue weighted by atomic mass is 32.2. The highest BCUT2D eigenvalue weighted by Crippen LogP contribution is 2.29. The molecule has 0 saturated carbocycles. The molecule has 0 amide bonds. The van der Waals surface area contributed by atoms with Gasteiger partial charge in [0.2, 0.25) is 0 Å². The van der Waals surface area contributed by atoms with Crippen LogP contribution in [0.3, 0.4) is 0 Å². The third kappa shape index (κ3) is 3.21. The number of aromatic nitrogens is 2. The lowest BCUT2D eigenvalue weighted by atomic mass is 10.2. The van der Waals surface area contributed by atoms with E-state index in [0.717, 1.165) is 36.8 Å². The Kier molecular flexibility index (Phi) is 4.44. The number of nitrogens with one attached hydrogen (secondary N) is 1. The van der Waals surface area contributed by atoms with Crippen LogP contribution in [0.15, 0.2) is 29.2 Å². The molecule has 21 heavy (non-hydrogen) atoms. The van der Waals surface area contributed by atoms with E-state index >= 15 is 0 Å². The Labute approximate surface area is 130 Å². The zero-order valence-electron chi connectivity index (χ0n) is 12.6. The molecule has 4 heteroatoms. The minimum Gasteiger partial charge on any atom is -0.370 e. The van der Waals surface area contributed by atoms with E-state index in [9.17, 15) is 0 Å². The molecule has 1 aliphatic carbocycles. The molecular weight excluding hydrogens is 278 g/mol. The standard InChI is InChI=1S/C17H21N3S/c1-3-18-17-13-8-6-9-14(13)19-16(20-17)11-21-15-10-5-4-7-12(15)2/h4-5,7,10H,3,6,8-9,11H2,1-2H3,(H,18,19,20). The maximum absolute atomic E-state index is 4.77. The van der Waals surface area contributed by atoms with Gasteiger partial charge >= 0.3 is 0 Å². The molecule has 0 saturated heterocycles. The van der Waals surface area contributed by atoms with Crippen molar-refractivity contribution >= 4 is 17.6 Å². The van der Waals surface area contributed by atoms with Gasteiger partial charge in [-0.05, 0) is 44.7 Å². The molecule has 0 atom stereocenters. The Bertz CT molecular complexity index is 640. The summed E-state index contributed by atoms with van der Waals surface area (Å²) in [5.74, 6) is 2.83. The molecule has 1 aromatic carbocycles. The third-order valence-corrected chi connectivity index (χ3v) is 4.95. The molecule has 1 aliphatic rings. The van der Waals surface area contributed by atoms with Crippen LogP contribution in [0, 0.1) is 6.92 Å². The van der Waals surface area contributed by atoms with Gasteiger partial charge in [0.25, 0.3) is 0 Å². The van der Waals surface area contributed by atoms with Crippen LogP contribution in [0.2, 0.25) is 0 Å². The van der Waals surface area contributed by atoms with Crippen LogP contribution in [0.5, 0.6) is 0 Å². The van der Waals surface area contributed by atoms with Crippen LogP contribution in [-0.4, -0.2) is 16.5 Å². The summed E-state index contributed by atoms with van der Waals surface area (Å²) in [4.78, 5) is 10.8. The van der Waals surface area contributed by atoms with Crippen molar-refractivity contribution in [3.05, 3.63) is 46.9 Å². The molecule has 110 valence electrons. The fourth-order valence-corrected chi connectivity index (χ4v) is 3.61. The average Bonchev–Trinajstić information content (AvgIpc) is 2.95. The van der Waals surface area contributed by atoms with Crippen molar-refractivity contribution < 1.29 is 0 Å². The Hall–Kier alpha value is -1.55. The number of hydrogen-bond donors (Lipinski definition) is 1. The molecule has 0 fully saturated rings. The largest absolute Gasteiger partial charge is 0.370 e. The molecule has 0 bridgehead atoms. The molecule has 3 rings (SSSR count). The Morgan fingerprint density at radius 1 is 1.19 bits per heavy atom. The number of rotatable bonds is 5. The lowest BCUT2D eigenvalue weighted by Gasteiger charge is -2.11. The first-order chi connectivity index (χ1) is 10.3. The number of thioether (sulfide) groups is 1. The van der Waals surface area contributed by atoms with Gasteiger partial charge in [0.15, 0.2) is 0 Å². The van der Waals surface area contributed by atoms with E-state index < -0.39 is 0 Å². The Balaban J connectivity index is 1.80. The van der Waals surface area contributed by atoms with Crippen LogP contribution in [0.1, 0.15) is 36.0 Å². The topological polar surface area (TPSA) is 37.8 Å². The van der Waals surface area contributed by atoms with E-state index in [2.05, 4.69) is 43.4 Å². The molecule has 2 aromatic rings. The van der Waals surface area contributed by atoms with Gasteiger partial charge < -0.3 is 5.32 Å². The lowest BCUT2D eigenvalue weighted by molar-refractivity contribution is 0.893. The maximum atomic E-state index is 4.77. The van der Waals surface area contributed by atoms with Crippen molar-refractivity contribution in [3.8, 4) is 0 Å². The van der Waals surface area contributed by atoms with Gasteiger partial charge in [-0.3, -0.25) is 0 Å². The van der Waals surface area contributed by atoms with E-state index in [4.69, 9.17) is 9.97 Å². The van der Waals surface area contributed by atoms with E-state index in [0.29, 0.717) is 0 Å². The highest BCUT2D eigenvalue weighted by Gasteiger charge is 2.19. The first kappa shape index (κ1) is 14.4. The number of fused-ring (bicyclic) bond motifs is 1. The summed E-state index contributed by atoms with van der Waals surface area (Å²) in [6.45, 7) is 5.18. The fourth-order valence-electron chi connectivity index (χ4n) is 2.72. The van der Waals surface area contributed by atoms with Crippen LogP contribution in [-0.2, 0) is 18.6 Å². The summed E-state index contributed by atoms with van der Waals surface area (Å²) < 4.78 is 0. The van der Waals surface area contributed by atoms with Crippen LogP contribution in [0.25, 0.3) is 0 Å². The number of nitrogens with zero attached hydrogens (tertiary/aromatic N) is 2. The molecule has 0 radical (unpaired) electrons. The molecule has 0 unspecified atom stereocenters. The van der Waals surface area contributed by atoms with Gasteiger partial charge in [-0.1, -0.05) is 18.2 Å². The van der Waals surface area contributed by atoms with Crippen molar-refractivity contribution in [2.45, 2.75) is 43.8 Å². The molecule has 1 N–H and O–H groups in total. The predicted molar refractivity (Wildman–Crippen MR) is 89.0 cm³/mol. The van der Waals surface area contributed by atoms with Crippen molar-refractivity contribution in [1.82, 2.24) is 9.97 Å². The lowest BCUT2D eigenvalue weighted by Crippen LogP contribution is -2.08. The van der Waals surface area contributed by atoms with Crippen LogP contribution in [0.4, 0.5) is 5.82 Å². The average molecular weight is 299 g/mol. The second kappa shape index (κ2) is 6.48. The maximum Gasteiger partial charge on any atom is 0.141 e. The van der Waals surface area contributed by atoms with Gasteiger partial charge in [0, 0.05) is 22.7 Å². The molecule has 0 spiro atoms. The zero-order valence-corrected chi connectivity index (χ0v) is 13.5. The van der Waals surface area contributed by atoms with Gasteiger partial charge in [0.1, 0.15) is 11.6 Å². The second-order valence-electron chi connectivity index (χ2n) is 5.35. The van der Waals surface area contributed by atoms with E-state index in [1.165, 1.54) is 28.1 Å². The zero-order chi connectivity index (χ0) is 14.7. The van der Waals surface area contributed by atoms with Gasteiger partial charge in [0.05, 0.1) is 5.75 Å². The van der Waals surface area contributed by atoms with E-state index in [1.54, 1.807) is 0 Å². The van der Waals surface area contributed by atoms with Crippen LogP contribution < -0.4 is 5.32 Å². The van der Waals surface area contributed by atoms with Crippen molar-refractivity contribution in [2.24, 2.45) is 0 Å². The van der Waals surface area contributed by atoms with Gasteiger partial charge in [-0.15, -0.1) is 11.8 Å². The number of aryl methyl sites for hydroxylation is 2. The summed E-state index contributed by atoms with van der Waals surface area (Å²) in [5.41, 5.74) is 3.90. The number of anilines is 1. The van der Waals surface area contributed by atoms with E-state index in [1.807, 2.05) is 11.8 Å². The Morgan fingerprint density at radius 3 is 2.86 bits per heavy atom. The highest BCUT2D eigenvalue weighted by molar-refractivity contribution is 7.98. The molecular formula is C17H21N3S. The van der Waals surface area contributed by atoms with Crippen molar-refractivity contribution in [1.29, 1.82) is 0 Å². The molecule has 0 aliphatic heterocycles. The van der Waals surface area contributed by atoms with E-state index in [-0.39, 0.29) is 0 Å². The minimum atomic E-state index is 0.830. The second-order valence-corrected chi connectivity index (χ2v) is 6.37. The molecule has 1 aromatic heterocycles. The summed E-state index contributed by atoms with van der Waals surface area (Å²) in [7, 11) is 0. The van der Waals surface area contributed by atoms with Crippen molar-refractivity contribution in [3.63, 3.8) is 0 Å². The van der Waals surface area contributed by atoms with Crippen molar-refractivity contribution in [2.75, 3.05) is 11.9 Å². The fraction of sp³-hybridized carbons (Fsp3) is 0.412. The SMILES string of the molecule is CCNc1nc(CSc2ccccc2C)nc2c1CCC2. The first-order valence-corrected chi connectivity index (χ1v) is 8.57. The summed E-state index contributed by atoms with van der Waals surface area (Å²) in [6, 6.07) is 8.48. The third-order valence-electron chi connectivity index (χ3n) is 3.77. The molecule has 1 heterocycles. The first-order valence-electron chi connectivity index (χ1n) is 7.59. The summed E-state index contributed by atoms with van der Waals surface area (Å²) in [5, 5.41) is 3.40.